The molecular weight excluding hydrogens is 356 g/mol. The molecule has 0 spiro atoms. The van der Waals surface area contributed by atoms with E-state index in [0.29, 0.717) is 12.5 Å². The highest BCUT2D eigenvalue weighted by Gasteiger charge is 2.19. The lowest BCUT2D eigenvalue weighted by Crippen LogP contribution is -2.11. The fourth-order valence-corrected chi connectivity index (χ4v) is 3.62. The van der Waals surface area contributed by atoms with Gasteiger partial charge in [0.05, 0.1) is 23.2 Å². The molecule has 1 N–H and O–H groups in total. The molecule has 0 bridgehead atoms. The molecule has 23 heavy (non-hydrogen) atoms. The summed E-state index contributed by atoms with van der Waals surface area (Å²) in [7, 11) is 0. The van der Waals surface area contributed by atoms with Crippen molar-refractivity contribution < 1.29 is 4.42 Å². The Morgan fingerprint density at radius 3 is 2.96 bits per heavy atom. The maximum absolute atomic E-state index is 5.13. The summed E-state index contributed by atoms with van der Waals surface area (Å²) in [6, 6.07) is 4.12. The van der Waals surface area contributed by atoms with E-state index in [2.05, 4.69) is 32.4 Å². The fourth-order valence-electron chi connectivity index (χ4n) is 3.27. The monoisotopic (exact) mass is 374 g/mol. The molecule has 5 nitrogen and oxygen atoms in total. The predicted octanol–water partition coefficient (Wildman–Crippen LogP) is 4.74. The lowest BCUT2D eigenvalue weighted by Gasteiger charge is -2.22. The van der Waals surface area contributed by atoms with Gasteiger partial charge in [-0.2, -0.15) is 9.61 Å². The molecule has 1 saturated carbocycles. The summed E-state index contributed by atoms with van der Waals surface area (Å²) in [4.78, 5) is 4.86. The average molecular weight is 375 g/mol. The topological polar surface area (TPSA) is 55.4 Å². The average Bonchev–Trinajstić information content (AvgIpc) is 3.24. The highest BCUT2D eigenvalue weighted by Crippen LogP contribution is 2.33. The summed E-state index contributed by atoms with van der Waals surface area (Å²) in [6.45, 7) is 0.706. The smallest absolute Gasteiger partial charge is 0.171 e. The Labute approximate surface area is 143 Å². The summed E-state index contributed by atoms with van der Waals surface area (Å²) >= 11 is 3.56. The summed E-state index contributed by atoms with van der Waals surface area (Å²) in [5.41, 5.74) is 3.16. The number of anilines is 1. The van der Waals surface area contributed by atoms with Crippen LogP contribution < -0.4 is 5.32 Å². The van der Waals surface area contributed by atoms with Crippen molar-refractivity contribution in [2.24, 2.45) is 0 Å². The van der Waals surface area contributed by atoms with Crippen molar-refractivity contribution >= 4 is 27.4 Å². The van der Waals surface area contributed by atoms with Gasteiger partial charge in [-0.15, -0.1) is 0 Å². The van der Waals surface area contributed by atoms with Crippen LogP contribution in [0, 0.1) is 0 Å². The lowest BCUT2D eigenvalue weighted by molar-refractivity contribution is 0.437. The second-order valence-electron chi connectivity index (χ2n) is 6.11. The highest BCUT2D eigenvalue weighted by atomic mass is 79.9. The van der Waals surface area contributed by atoms with Gasteiger partial charge in [0.15, 0.2) is 5.65 Å². The molecule has 0 aromatic carbocycles. The van der Waals surface area contributed by atoms with Gasteiger partial charge in [-0.25, -0.2) is 4.98 Å². The van der Waals surface area contributed by atoms with E-state index >= 15 is 0 Å². The maximum Gasteiger partial charge on any atom is 0.171 e. The quantitative estimate of drug-likeness (QED) is 0.715. The second kappa shape index (κ2) is 6.35. The minimum Gasteiger partial charge on any atom is -0.472 e. The van der Waals surface area contributed by atoms with Gasteiger partial charge in [0.2, 0.25) is 0 Å². The van der Waals surface area contributed by atoms with Crippen LogP contribution in [0.1, 0.15) is 49.3 Å². The number of halogens is 1. The first-order chi connectivity index (χ1) is 11.3. The van der Waals surface area contributed by atoms with E-state index in [9.17, 15) is 0 Å². The third-order valence-corrected chi connectivity index (χ3v) is 5.09. The molecule has 1 aliphatic rings. The van der Waals surface area contributed by atoms with Gasteiger partial charge in [-0.1, -0.05) is 19.3 Å². The molecule has 0 atom stereocenters. The largest absolute Gasteiger partial charge is 0.472 e. The zero-order valence-corrected chi connectivity index (χ0v) is 14.4. The van der Waals surface area contributed by atoms with E-state index in [-0.39, 0.29) is 0 Å². The number of fused-ring (bicyclic) bond motifs is 1. The zero-order valence-electron chi connectivity index (χ0n) is 12.8. The minimum atomic E-state index is 0.560. The van der Waals surface area contributed by atoms with Crippen LogP contribution in [0.15, 0.2) is 39.7 Å². The highest BCUT2D eigenvalue weighted by molar-refractivity contribution is 9.10. The number of hydrogen-bond acceptors (Lipinski definition) is 4. The van der Waals surface area contributed by atoms with Crippen LogP contribution in [0.5, 0.6) is 0 Å². The van der Waals surface area contributed by atoms with Crippen LogP contribution >= 0.6 is 15.9 Å². The third kappa shape index (κ3) is 3.00. The van der Waals surface area contributed by atoms with Gasteiger partial charge in [-0.05, 0) is 34.8 Å². The molecule has 1 aliphatic carbocycles. The molecule has 6 heteroatoms. The number of rotatable bonds is 4. The second-order valence-corrected chi connectivity index (χ2v) is 6.97. The molecule has 1 fully saturated rings. The fraction of sp³-hybridized carbons (Fsp3) is 0.412. The van der Waals surface area contributed by atoms with Crippen molar-refractivity contribution in [3.8, 4) is 0 Å². The predicted molar refractivity (Wildman–Crippen MR) is 92.5 cm³/mol. The minimum absolute atomic E-state index is 0.560. The van der Waals surface area contributed by atoms with Gasteiger partial charge in [0.1, 0.15) is 5.82 Å². The maximum atomic E-state index is 5.13. The molecule has 3 aromatic rings. The summed E-state index contributed by atoms with van der Waals surface area (Å²) < 4.78 is 7.92. The number of nitrogens with zero attached hydrogens (tertiary/aromatic N) is 3. The van der Waals surface area contributed by atoms with Gasteiger partial charge in [0.25, 0.3) is 0 Å². The molecule has 0 aliphatic heterocycles. The van der Waals surface area contributed by atoms with Crippen LogP contribution in [0.2, 0.25) is 0 Å². The Morgan fingerprint density at radius 1 is 1.30 bits per heavy atom. The van der Waals surface area contributed by atoms with Crippen molar-refractivity contribution in [1.29, 1.82) is 0 Å². The molecule has 120 valence electrons. The van der Waals surface area contributed by atoms with E-state index in [1.165, 1.54) is 37.8 Å². The van der Waals surface area contributed by atoms with E-state index < -0.39 is 0 Å². The molecule has 3 heterocycles. The van der Waals surface area contributed by atoms with Crippen LogP contribution in [0.3, 0.4) is 0 Å². The first-order valence-electron chi connectivity index (χ1n) is 8.10. The summed E-state index contributed by atoms with van der Waals surface area (Å²) in [5.74, 6) is 1.53. The molecule has 4 rings (SSSR count). The van der Waals surface area contributed by atoms with Crippen molar-refractivity contribution in [2.75, 3.05) is 5.32 Å². The normalized spacial score (nSPS) is 16.0. The lowest BCUT2D eigenvalue weighted by atomic mass is 9.87. The standard InChI is InChI=1S/C17H19BrN4O/c18-14-10-20-22-16(19-9-12-6-7-23-11-12)8-15(21-17(14)22)13-4-2-1-3-5-13/h6-8,10-11,13,19H,1-5,9H2. The molecule has 0 saturated heterocycles. The van der Waals surface area contributed by atoms with Gasteiger partial charge >= 0.3 is 0 Å². The number of furan rings is 1. The Bertz CT molecular complexity index is 790. The van der Waals surface area contributed by atoms with Gasteiger partial charge in [0, 0.05) is 29.8 Å². The summed E-state index contributed by atoms with van der Waals surface area (Å²) in [6.07, 6.45) is 11.7. The Kier molecular flexibility index (Phi) is 4.08. The van der Waals surface area contributed by atoms with Crippen molar-refractivity contribution in [3.05, 3.63) is 46.6 Å². The first-order valence-corrected chi connectivity index (χ1v) is 8.89. The van der Waals surface area contributed by atoms with Gasteiger partial charge in [-0.3, -0.25) is 0 Å². The van der Waals surface area contributed by atoms with E-state index in [4.69, 9.17) is 9.40 Å². The molecule has 0 unspecified atom stereocenters. The number of aromatic nitrogens is 3. The van der Waals surface area contributed by atoms with Crippen molar-refractivity contribution in [1.82, 2.24) is 14.6 Å². The van der Waals surface area contributed by atoms with Crippen molar-refractivity contribution in [3.63, 3.8) is 0 Å². The Morgan fingerprint density at radius 2 is 2.17 bits per heavy atom. The zero-order chi connectivity index (χ0) is 15.6. The SMILES string of the molecule is Brc1cnn2c(NCc3ccoc3)cc(C3CCCCC3)nc12. The van der Waals surface area contributed by atoms with Crippen LogP contribution in [-0.2, 0) is 6.54 Å². The van der Waals surface area contributed by atoms with Gasteiger partial charge < -0.3 is 9.73 Å². The molecule has 0 radical (unpaired) electrons. The molecule has 3 aromatic heterocycles. The van der Waals surface area contributed by atoms with E-state index in [1.807, 2.05) is 10.6 Å². The summed E-state index contributed by atoms with van der Waals surface area (Å²) in [5, 5.41) is 7.89. The van der Waals surface area contributed by atoms with Crippen LogP contribution in [-0.4, -0.2) is 14.6 Å². The van der Waals surface area contributed by atoms with E-state index in [0.717, 1.165) is 21.5 Å². The Hall–Kier alpha value is -1.82. The Balaban J connectivity index is 1.68. The molecular formula is C17H19BrN4O. The number of hydrogen-bond donors (Lipinski definition) is 1. The number of nitrogens with one attached hydrogen (secondary N) is 1. The van der Waals surface area contributed by atoms with Crippen molar-refractivity contribution in [2.45, 2.75) is 44.6 Å². The van der Waals surface area contributed by atoms with Crippen LogP contribution in [0.25, 0.3) is 5.65 Å². The first kappa shape index (κ1) is 14.8. The molecule has 0 amide bonds. The van der Waals surface area contributed by atoms with E-state index in [1.54, 1.807) is 18.7 Å². The third-order valence-electron chi connectivity index (χ3n) is 4.53. The van der Waals surface area contributed by atoms with Crippen LogP contribution in [0.4, 0.5) is 5.82 Å².